The quantitative estimate of drug-likeness (QED) is 0.673. The fourth-order valence-electron chi connectivity index (χ4n) is 1.92. The number of hydrazone groups is 1. The van der Waals surface area contributed by atoms with E-state index in [2.05, 4.69) is 10.5 Å². The van der Waals surface area contributed by atoms with Crippen LogP contribution in [0, 0.1) is 13.8 Å². The first-order chi connectivity index (χ1) is 10.4. The molecule has 2 aromatic rings. The van der Waals surface area contributed by atoms with Crippen LogP contribution in [0.4, 0.5) is 0 Å². The summed E-state index contributed by atoms with van der Waals surface area (Å²) in [5.41, 5.74) is 5.36. The zero-order valence-electron chi connectivity index (χ0n) is 12.4. The molecule has 0 bridgehead atoms. The molecule has 0 fully saturated rings. The monoisotopic (exact) mass is 336 g/mol. The lowest BCUT2D eigenvalue weighted by atomic mass is 10.1. The molecule has 22 heavy (non-hydrogen) atoms. The number of nitrogens with one attached hydrogen (secondary N) is 1. The molecule has 0 saturated carbocycles. The van der Waals surface area contributed by atoms with E-state index in [9.17, 15) is 8.42 Å². The van der Waals surface area contributed by atoms with Gasteiger partial charge in [0.1, 0.15) is 5.88 Å². The molecular formula is C16H17ClN2O2S. The lowest BCUT2D eigenvalue weighted by Gasteiger charge is -2.07. The van der Waals surface area contributed by atoms with Crippen LogP contribution in [0.25, 0.3) is 0 Å². The Morgan fingerprint density at radius 1 is 1.14 bits per heavy atom. The molecule has 2 aromatic carbocycles. The average Bonchev–Trinajstić information content (AvgIpc) is 2.50. The molecule has 0 saturated heterocycles. The number of benzene rings is 2. The molecule has 0 aliphatic heterocycles. The van der Waals surface area contributed by atoms with Gasteiger partial charge in [-0.15, -0.1) is 0 Å². The van der Waals surface area contributed by atoms with Crippen LogP contribution in [0.2, 0.25) is 0 Å². The minimum absolute atomic E-state index is 0.240. The maximum atomic E-state index is 12.1. The van der Waals surface area contributed by atoms with E-state index < -0.39 is 9.84 Å². The topological polar surface area (TPSA) is 58.5 Å². The van der Waals surface area contributed by atoms with Crippen LogP contribution >= 0.6 is 11.6 Å². The van der Waals surface area contributed by atoms with Crippen LogP contribution in [0.15, 0.2) is 58.5 Å². The summed E-state index contributed by atoms with van der Waals surface area (Å²) in [5.74, 6) is -0.307. The molecule has 4 nitrogen and oxygen atoms in total. The van der Waals surface area contributed by atoms with Crippen LogP contribution in [-0.4, -0.2) is 19.5 Å². The van der Waals surface area contributed by atoms with Crippen molar-refractivity contribution in [2.24, 2.45) is 5.10 Å². The average molecular weight is 337 g/mol. The van der Waals surface area contributed by atoms with E-state index in [0.717, 1.165) is 16.7 Å². The number of sulfone groups is 1. The van der Waals surface area contributed by atoms with Gasteiger partial charge >= 0.3 is 0 Å². The molecule has 0 heterocycles. The summed E-state index contributed by atoms with van der Waals surface area (Å²) < 4.78 is 24.2. The van der Waals surface area contributed by atoms with Crippen molar-refractivity contribution in [1.82, 2.24) is 5.43 Å². The second-order valence-electron chi connectivity index (χ2n) is 4.95. The van der Waals surface area contributed by atoms with Crippen LogP contribution in [-0.2, 0) is 9.84 Å². The van der Waals surface area contributed by atoms with Gasteiger partial charge in [0.15, 0.2) is 15.0 Å². The normalized spacial score (nSPS) is 12.2. The van der Waals surface area contributed by atoms with Gasteiger partial charge in [-0.25, -0.2) is 8.42 Å². The zero-order chi connectivity index (χ0) is 16.2. The molecule has 0 unspecified atom stereocenters. The summed E-state index contributed by atoms with van der Waals surface area (Å²) in [4.78, 5) is 0.251. The molecule has 0 amide bonds. The number of hydrogen-bond donors (Lipinski definition) is 1. The third kappa shape index (κ3) is 4.08. The molecular weight excluding hydrogens is 320 g/mol. The Bertz CT molecular complexity index is 787. The number of halogens is 1. The number of aryl methyl sites for hydroxylation is 2. The van der Waals surface area contributed by atoms with E-state index >= 15 is 0 Å². The van der Waals surface area contributed by atoms with E-state index in [1.54, 1.807) is 30.3 Å². The molecule has 0 atom stereocenters. The Balaban J connectivity index is 2.11. The highest BCUT2D eigenvalue weighted by Gasteiger charge is 2.13. The molecule has 0 aliphatic rings. The second-order valence-corrected chi connectivity index (χ2v) is 7.30. The van der Waals surface area contributed by atoms with Gasteiger partial charge in [-0.05, 0) is 37.6 Å². The summed E-state index contributed by atoms with van der Waals surface area (Å²) in [5, 5.41) is 4.20. The smallest absolute Gasteiger partial charge is 0.197 e. The predicted molar refractivity (Wildman–Crippen MR) is 89.9 cm³/mol. The van der Waals surface area contributed by atoms with Gasteiger partial charge in [0.05, 0.1) is 4.90 Å². The van der Waals surface area contributed by atoms with Crippen molar-refractivity contribution in [3.63, 3.8) is 0 Å². The Kier molecular flexibility index (Phi) is 5.21. The van der Waals surface area contributed by atoms with E-state index in [0.29, 0.717) is 0 Å². The van der Waals surface area contributed by atoms with Crippen molar-refractivity contribution in [2.75, 3.05) is 5.88 Å². The number of hydrogen-bond acceptors (Lipinski definition) is 4. The first-order valence-electron chi connectivity index (χ1n) is 6.71. The Morgan fingerprint density at radius 2 is 1.82 bits per heavy atom. The number of rotatable bonds is 5. The van der Waals surface area contributed by atoms with Crippen molar-refractivity contribution in [3.05, 3.63) is 65.2 Å². The van der Waals surface area contributed by atoms with Gasteiger partial charge < -0.3 is 0 Å². The Morgan fingerprint density at radius 3 is 2.50 bits per heavy atom. The van der Waals surface area contributed by atoms with E-state index in [1.165, 1.54) is 0 Å². The zero-order valence-corrected chi connectivity index (χ0v) is 13.9. The van der Waals surface area contributed by atoms with Crippen LogP contribution in [0.3, 0.4) is 0 Å². The molecule has 6 heteroatoms. The summed E-state index contributed by atoms with van der Waals surface area (Å²) in [6.07, 6.45) is 0. The van der Waals surface area contributed by atoms with Crippen molar-refractivity contribution in [2.45, 2.75) is 18.7 Å². The highest BCUT2D eigenvalue weighted by molar-refractivity contribution is 7.91. The molecule has 116 valence electrons. The molecule has 2 rings (SSSR count). The Hall–Kier alpha value is -1.85. The molecule has 0 aromatic heterocycles. The van der Waals surface area contributed by atoms with Crippen LogP contribution in [0.1, 0.15) is 16.7 Å². The first kappa shape index (κ1) is 16.5. The summed E-state index contributed by atoms with van der Waals surface area (Å²) in [6, 6.07) is 14.1. The highest BCUT2D eigenvalue weighted by atomic mass is 35.5. The van der Waals surface area contributed by atoms with Gasteiger partial charge in [-0.2, -0.15) is 5.10 Å². The van der Waals surface area contributed by atoms with E-state index in [1.807, 2.05) is 32.0 Å². The van der Waals surface area contributed by atoms with Crippen molar-refractivity contribution >= 4 is 26.6 Å². The van der Waals surface area contributed by atoms with Gasteiger partial charge in [0.25, 0.3) is 0 Å². The van der Waals surface area contributed by atoms with Crippen molar-refractivity contribution < 1.29 is 8.42 Å². The maximum Gasteiger partial charge on any atom is 0.197 e. The van der Waals surface area contributed by atoms with Crippen molar-refractivity contribution in [3.8, 4) is 0 Å². The highest BCUT2D eigenvalue weighted by Crippen LogP contribution is 2.14. The summed E-state index contributed by atoms with van der Waals surface area (Å²) in [6.45, 7) is 3.88. The lowest BCUT2D eigenvalue weighted by molar-refractivity contribution is 0.589. The fraction of sp³-hybridized carbons (Fsp3) is 0.188. The largest absolute Gasteiger partial charge is 0.293 e. The van der Waals surface area contributed by atoms with Crippen LogP contribution < -0.4 is 5.43 Å². The lowest BCUT2D eigenvalue weighted by Crippen LogP contribution is -2.20. The van der Waals surface area contributed by atoms with E-state index in [-0.39, 0.29) is 15.9 Å². The molecule has 0 radical (unpaired) electrons. The fourth-order valence-corrected chi connectivity index (χ4v) is 3.15. The second kappa shape index (κ2) is 6.94. The third-order valence-electron chi connectivity index (χ3n) is 3.15. The summed E-state index contributed by atoms with van der Waals surface area (Å²) in [7, 11) is -3.43. The van der Waals surface area contributed by atoms with E-state index in [4.69, 9.17) is 11.6 Å². The van der Waals surface area contributed by atoms with Crippen molar-refractivity contribution in [1.29, 1.82) is 0 Å². The van der Waals surface area contributed by atoms with Gasteiger partial charge in [-0.3, -0.25) is 5.43 Å². The van der Waals surface area contributed by atoms with Gasteiger partial charge in [-0.1, -0.05) is 47.5 Å². The maximum absolute atomic E-state index is 12.1. The Labute approximate surface area is 135 Å². The van der Waals surface area contributed by atoms with Gasteiger partial charge in [0.2, 0.25) is 0 Å². The number of nitrogens with zero attached hydrogens (tertiary/aromatic N) is 1. The van der Waals surface area contributed by atoms with Gasteiger partial charge in [0, 0.05) is 5.56 Å². The summed E-state index contributed by atoms with van der Waals surface area (Å²) >= 11 is 6.15. The first-order valence-corrected chi connectivity index (χ1v) is 8.74. The van der Waals surface area contributed by atoms with Crippen LogP contribution in [0.5, 0.6) is 0 Å². The standard InChI is InChI=1S/C16H17ClN2O2S/c1-12-8-9-13(2)15(10-12)16(17)19-18-11-22(20,21)14-6-4-3-5-7-14/h3-10,18H,11H2,1-2H3/b19-16-. The molecule has 1 N–H and O–H groups in total. The SMILES string of the molecule is Cc1ccc(C)c(/C(Cl)=N/NCS(=O)(=O)c2ccccc2)c1. The molecule has 0 spiro atoms. The minimum Gasteiger partial charge on any atom is -0.293 e. The third-order valence-corrected chi connectivity index (χ3v) is 4.94. The minimum atomic E-state index is -3.43. The molecule has 0 aliphatic carbocycles. The predicted octanol–water partition coefficient (Wildman–Crippen LogP) is 3.22.